The number of rotatable bonds is 10. The standard InChI is InChI=1S/C31H29NO6/c1-3-4-17-37-23-15-13-21(14-16-23)27-26(29(34)31(35)32(27)19-20-9-6-5-7-10-20)28(33)25-18-22-11-8-12-24(36-2)30(22)38-25/h5-16,18,27,34H,3-4,17,19H2,1-2H3. The van der Waals surface area contributed by atoms with E-state index < -0.39 is 23.5 Å². The molecule has 1 N–H and O–H groups in total. The number of ketones is 1. The Kier molecular flexibility index (Phi) is 7.18. The van der Waals surface area contributed by atoms with Crippen molar-refractivity contribution in [3.05, 3.63) is 107 Å². The first-order valence-corrected chi connectivity index (χ1v) is 12.6. The number of carbonyl (C=O) groups is 2. The molecule has 1 aliphatic rings. The molecule has 0 fully saturated rings. The molecule has 0 spiro atoms. The first-order chi connectivity index (χ1) is 18.5. The largest absolute Gasteiger partial charge is 0.503 e. The summed E-state index contributed by atoms with van der Waals surface area (Å²) >= 11 is 0. The number of aliphatic hydroxyl groups is 1. The summed E-state index contributed by atoms with van der Waals surface area (Å²) in [6.07, 6.45) is 1.97. The van der Waals surface area contributed by atoms with Gasteiger partial charge in [-0.15, -0.1) is 0 Å². The van der Waals surface area contributed by atoms with Crippen LogP contribution in [0, 0.1) is 0 Å². The Bertz CT molecular complexity index is 1490. The van der Waals surface area contributed by atoms with Crippen molar-refractivity contribution in [2.75, 3.05) is 13.7 Å². The molecule has 1 aliphatic heterocycles. The second-order valence-corrected chi connectivity index (χ2v) is 9.17. The lowest BCUT2D eigenvalue weighted by molar-refractivity contribution is -0.130. The number of aliphatic hydroxyl groups excluding tert-OH is 1. The van der Waals surface area contributed by atoms with Crippen LogP contribution in [-0.4, -0.2) is 35.4 Å². The maximum Gasteiger partial charge on any atom is 0.290 e. The van der Waals surface area contributed by atoms with Crippen molar-refractivity contribution in [3.63, 3.8) is 0 Å². The highest BCUT2D eigenvalue weighted by Gasteiger charge is 2.44. The maximum atomic E-state index is 13.8. The fourth-order valence-corrected chi connectivity index (χ4v) is 4.70. The second kappa shape index (κ2) is 10.8. The quantitative estimate of drug-likeness (QED) is 0.196. The summed E-state index contributed by atoms with van der Waals surface area (Å²) in [5.41, 5.74) is 1.95. The van der Waals surface area contributed by atoms with E-state index in [1.54, 1.807) is 18.2 Å². The van der Waals surface area contributed by atoms with E-state index in [1.807, 2.05) is 60.7 Å². The molecule has 7 nitrogen and oxygen atoms in total. The second-order valence-electron chi connectivity index (χ2n) is 9.17. The molecule has 194 valence electrons. The smallest absolute Gasteiger partial charge is 0.290 e. The minimum Gasteiger partial charge on any atom is -0.503 e. The molecule has 4 aromatic rings. The third kappa shape index (κ3) is 4.75. The van der Waals surface area contributed by atoms with Gasteiger partial charge in [0, 0.05) is 11.9 Å². The van der Waals surface area contributed by atoms with Gasteiger partial charge in [-0.3, -0.25) is 9.59 Å². The Morgan fingerprint density at radius 1 is 1.03 bits per heavy atom. The van der Waals surface area contributed by atoms with Crippen molar-refractivity contribution in [2.45, 2.75) is 32.4 Å². The van der Waals surface area contributed by atoms with Gasteiger partial charge in [0.2, 0.25) is 5.78 Å². The van der Waals surface area contributed by atoms with Crippen LogP contribution in [0.15, 0.2) is 94.6 Å². The van der Waals surface area contributed by atoms with Crippen molar-refractivity contribution in [2.24, 2.45) is 0 Å². The van der Waals surface area contributed by atoms with Crippen LogP contribution < -0.4 is 9.47 Å². The SMILES string of the molecule is CCCCOc1ccc(C2C(C(=O)c3cc4cccc(OC)c4o3)=C(O)C(=O)N2Cc2ccccc2)cc1. The molecule has 1 atom stereocenters. The predicted octanol–water partition coefficient (Wildman–Crippen LogP) is 6.40. The summed E-state index contributed by atoms with van der Waals surface area (Å²) < 4.78 is 17.0. The van der Waals surface area contributed by atoms with E-state index in [1.165, 1.54) is 12.0 Å². The first-order valence-electron chi connectivity index (χ1n) is 12.6. The average molecular weight is 512 g/mol. The van der Waals surface area contributed by atoms with E-state index in [0.717, 1.165) is 18.4 Å². The Morgan fingerprint density at radius 2 is 1.79 bits per heavy atom. The van der Waals surface area contributed by atoms with Crippen molar-refractivity contribution in [1.82, 2.24) is 4.90 Å². The van der Waals surface area contributed by atoms with Crippen LogP contribution in [0.25, 0.3) is 11.0 Å². The molecule has 1 amide bonds. The number of hydrogen-bond donors (Lipinski definition) is 1. The normalized spacial score (nSPS) is 15.4. The molecule has 7 heteroatoms. The number of ether oxygens (including phenoxy) is 2. The van der Waals surface area contributed by atoms with Crippen LogP contribution in [-0.2, 0) is 11.3 Å². The van der Waals surface area contributed by atoms with E-state index in [9.17, 15) is 14.7 Å². The van der Waals surface area contributed by atoms with Gasteiger partial charge in [-0.05, 0) is 41.8 Å². The van der Waals surface area contributed by atoms with Gasteiger partial charge in [-0.25, -0.2) is 0 Å². The van der Waals surface area contributed by atoms with E-state index in [4.69, 9.17) is 13.9 Å². The van der Waals surface area contributed by atoms with E-state index in [0.29, 0.717) is 34.6 Å². The number of furan rings is 1. The topological polar surface area (TPSA) is 89.2 Å². The highest BCUT2D eigenvalue weighted by Crippen LogP contribution is 2.41. The monoisotopic (exact) mass is 511 g/mol. The lowest BCUT2D eigenvalue weighted by Crippen LogP contribution is -2.30. The molecule has 1 unspecified atom stereocenters. The van der Waals surface area contributed by atoms with Gasteiger partial charge >= 0.3 is 0 Å². The number of Topliss-reactive ketones (excluding diaryl/α,β-unsaturated/α-hetero) is 1. The zero-order chi connectivity index (χ0) is 26.6. The summed E-state index contributed by atoms with van der Waals surface area (Å²) in [4.78, 5) is 28.7. The highest BCUT2D eigenvalue weighted by atomic mass is 16.5. The molecular weight excluding hydrogens is 482 g/mol. The molecular formula is C31H29NO6. The third-order valence-corrected chi connectivity index (χ3v) is 6.66. The summed E-state index contributed by atoms with van der Waals surface area (Å²) in [5.74, 6) is -0.539. The Hall–Kier alpha value is -4.52. The number of para-hydroxylation sites is 1. The highest BCUT2D eigenvalue weighted by molar-refractivity contribution is 6.16. The first kappa shape index (κ1) is 25.1. The molecule has 0 saturated heterocycles. The van der Waals surface area contributed by atoms with Gasteiger partial charge in [-0.1, -0.05) is 67.9 Å². The van der Waals surface area contributed by atoms with E-state index in [2.05, 4.69) is 6.92 Å². The Labute approximate surface area is 220 Å². The summed E-state index contributed by atoms with van der Waals surface area (Å²) in [6, 6.07) is 22.9. The lowest BCUT2D eigenvalue weighted by Gasteiger charge is -2.27. The summed E-state index contributed by atoms with van der Waals surface area (Å²) in [6.45, 7) is 2.92. The van der Waals surface area contributed by atoms with Crippen LogP contribution in [0.4, 0.5) is 0 Å². The summed E-state index contributed by atoms with van der Waals surface area (Å²) in [5, 5.41) is 11.7. The molecule has 0 saturated carbocycles. The average Bonchev–Trinajstić information content (AvgIpc) is 3.49. The Morgan fingerprint density at radius 3 is 2.50 bits per heavy atom. The number of unbranched alkanes of at least 4 members (excludes halogenated alkanes) is 1. The molecule has 38 heavy (non-hydrogen) atoms. The van der Waals surface area contributed by atoms with E-state index >= 15 is 0 Å². The van der Waals surface area contributed by atoms with Crippen LogP contribution in [0.3, 0.4) is 0 Å². The van der Waals surface area contributed by atoms with Crippen molar-refractivity contribution < 1.29 is 28.6 Å². The van der Waals surface area contributed by atoms with Gasteiger partial charge in [0.1, 0.15) is 5.75 Å². The summed E-state index contributed by atoms with van der Waals surface area (Å²) in [7, 11) is 1.52. The van der Waals surface area contributed by atoms with Crippen LogP contribution in [0.2, 0.25) is 0 Å². The molecule has 0 radical (unpaired) electrons. The van der Waals surface area contributed by atoms with Crippen molar-refractivity contribution in [3.8, 4) is 11.5 Å². The van der Waals surface area contributed by atoms with Crippen LogP contribution >= 0.6 is 0 Å². The van der Waals surface area contributed by atoms with Crippen LogP contribution in [0.5, 0.6) is 11.5 Å². The van der Waals surface area contributed by atoms with Gasteiger partial charge in [0.05, 0.1) is 25.3 Å². The number of amides is 1. The molecule has 1 aromatic heterocycles. The van der Waals surface area contributed by atoms with Crippen molar-refractivity contribution >= 4 is 22.7 Å². The fourth-order valence-electron chi connectivity index (χ4n) is 4.70. The minimum atomic E-state index is -0.810. The Balaban J connectivity index is 1.54. The fraction of sp³-hybridized carbons (Fsp3) is 0.226. The van der Waals surface area contributed by atoms with Crippen molar-refractivity contribution in [1.29, 1.82) is 0 Å². The van der Waals surface area contributed by atoms with Gasteiger partial charge in [0.15, 0.2) is 22.9 Å². The molecule has 3 aromatic carbocycles. The number of carbonyl (C=O) groups excluding carboxylic acids is 2. The van der Waals surface area contributed by atoms with E-state index in [-0.39, 0.29) is 17.9 Å². The zero-order valence-electron chi connectivity index (χ0n) is 21.3. The number of nitrogens with zero attached hydrogens (tertiary/aromatic N) is 1. The number of methoxy groups -OCH3 is 1. The molecule has 5 rings (SSSR count). The molecule has 0 aliphatic carbocycles. The van der Waals surface area contributed by atoms with Crippen LogP contribution in [0.1, 0.15) is 47.5 Å². The van der Waals surface area contributed by atoms with Gasteiger partial charge < -0.3 is 23.9 Å². The van der Waals surface area contributed by atoms with Gasteiger partial charge in [0.25, 0.3) is 5.91 Å². The number of hydrogen-bond acceptors (Lipinski definition) is 6. The predicted molar refractivity (Wildman–Crippen MR) is 143 cm³/mol. The molecule has 0 bridgehead atoms. The maximum absolute atomic E-state index is 13.8. The van der Waals surface area contributed by atoms with Gasteiger partial charge in [-0.2, -0.15) is 0 Å². The zero-order valence-corrected chi connectivity index (χ0v) is 21.3. The third-order valence-electron chi connectivity index (χ3n) is 6.66. The minimum absolute atomic E-state index is 0.0185. The molecule has 2 heterocycles. The number of benzene rings is 3. The number of fused-ring (bicyclic) bond motifs is 1. The lowest BCUT2D eigenvalue weighted by atomic mass is 9.94.